The van der Waals surface area contributed by atoms with Crippen molar-refractivity contribution in [3.63, 3.8) is 0 Å². The maximum atomic E-state index is 11.4. The average molecular weight is 293 g/mol. The molecule has 19 heavy (non-hydrogen) atoms. The van der Waals surface area contributed by atoms with Gasteiger partial charge in [0.25, 0.3) is 0 Å². The first-order valence-electron chi connectivity index (χ1n) is 5.52. The molecule has 8 heteroatoms. The fourth-order valence-electron chi connectivity index (χ4n) is 0.944. The number of carbonyl (C=O) groups excluding carboxylic acids is 2. The van der Waals surface area contributed by atoms with Crippen molar-refractivity contribution in [3.05, 3.63) is 0 Å². The summed E-state index contributed by atoms with van der Waals surface area (Å²) in [6, 6.07) is -1.12. The molecule has 0 aliphatic carbocycles. The van der Waals surface area contributed by atoms with Crippen molar-refractivity contribution in [1.82, 2.24) is 5.32 Å². The molecule has 0 saturated carbocycles. The van der Waals surface area contributed by atoms with Crippen LogP contribution in [0.1, 0.15) is 20.8 Å². The zero-order valence-corrected chi connectivity index (χ0v) is 12.2. The summed E-state index contributed by atoms with van der Waals surface area (Å²) in [6.07, 6.45) is -0.807. The molecule has 0 bridgehead atoms. The first-order chi connectivity index (χ1) is 8.65. The van der Waals surface area contributed by atoms with Crippen LogP contribution in [-0.4, -0.2) is 53.4 Å². The Bertz CT molecular complexity index is 339. The number of carbonyl (C=O) groups is 3. The Labute approximate surface area is 116 Å². The summed E-state index contributed by atoms with van der Waals surface area (Å²) in [5.74, 6) is -1.57. The van der Waals surface area contributed by atoms with E-state index in [-0.39, 0.29) is 11.5 Å². The second-order valence-electron chi connectivity index (χ2n) is 4.63. The van der Waals surface area contributed by atoms with E-state index < -0.39 is 29.7 Å². The Morgan fingerprint density at radius 2 is 1.89 bits per heavy atom. The molecular weight excluding hydrogens is 274 g/mol. The highest BCUT2D eigenvalue weighted by Gasteiger charge is 2.24. The highest BCUT2D eigenvalue weighted by atomic mass is 32.2. The third-order valence-corrected chi connectivity index (χ3v) is 2.73. The summed E-state index contributed by atoms with van der Waals surface area (Å²) in [6.45, 7) is 5.02. The Kier molecular flexibility index (Phi) is 7.28. The molecule has 0 fully saturated rings. The van der Waals surface area contributed by atoms with Crippen molar-refractivity contribution in [2.75, 3.05) is 18.6 Å². The normalized spacial score (nSPS) is 12.4. The van der Waals surface area contributed by atoms with Crippen molar-refractivity contribution in [2.24, 2.45) is 0 Å². The predicted octanol–water partition coefficient (Wildman–Crippen LogP) is 0.870. The van der Waals surface area contributed by atoms with Gasteiger partial charge in [-0.1, -0.05) is 0 Å². The van der Waals surface area contributed by atoms with Gasteiger partial charge in [0.15, 0.2) is 0 Å². The third kappa shape index (κ3) is 9.18. The molecule has 7 nitrogen and oxygen atoms in total. The van der Waals surface area contributed by atoms with Gasteiger partial charge in [0, 0.05) is 5.75 Å². The van der Waals surface area contributed by atoms with E-state index >= 15 is 0 Å². The summed E-state index contributed by atoms with van der Waals surface area (Å²) >= 11 is 1.06. The van der Waals surface area contributed by atoms with Gasteiger partial charge in [0.2, 0.25) is 0 Å². The molecular formula is C11H19NO6S. The van der Waals surface area contributed by atoms with Crippen LogP contribution in [0.3, 0.4) is 0 Å². The number of rotatable bonds is 6. The summed E-state index contributed by atoms with van der Waals surface area (Å²) in [5.41, 5.74) is -0.702. The minimum atomic E-state index is -1.19. The number of thioether (sulfide) groups is 1. The highest BCUT2D eigenvalue weighted by molar-refractivity contribution is 8.00. The third-order valence-electron chi connectivity index (χ3n) is 1.72. The van der Waals surface area contributed by atoms with E-state index in [1.807, 2.05) is 0 Å². The van der Waals surface area contributed by atoms with Gasteiger partial charge in [-0.3, -0.25) is 4.79 Å². The van der Waals surface area contributed by atoms with Gasteiger partial charge in [-0.25, -0.2) is 9.59 Å². The molecule has 110 valence electrons. The number of nitrogens with one attached hydrogen (secondary N) is 1. The summed E-state index contributed by atoms with van der Waals surface area (Å²) < 4.78 is 9.37. The van der Waals surface area contributed by atoms with E-state index in [4.69, 9.17) is 9.84 Å². The van der Waals surface area contributed by atoms with E-state index in [2.05, 4.69) is 10.1 Å². The number of ether oxygens (including phenoxy) is 2. The van der Waals surface area contributed by atoms with Crippen molar-refractivity contribution in [2.45, 2.75) is 32.4 Å². The predicted molar refractivity (Wildman–Crippen MR) is 70.1 cm³/mol. The topological polar surface area (TPSA) is 102 Å². The molecule has 2 N–H and O–H groups in total. The van der Waals surface area contributed by atoms with Crippen LogP contribution in [0.2, 0.25) is 0 Å². The smallest absolute Gasteiger partial charge is 0.408 e. The number of aliphatic carboxylic acids is 1. The van der Waals surface area contributed by atoms with Gasteiger partial charge in [-0.15, -0.1) is 11.8 Å². The molecule has 0 heterocycles. The van der Waals surface area contributed by atoms with Crippen molar-refractivity contribution >= 4 is 29.8 Å². The molecule has 1 unspecified atom stereocenters. The zero-order chi connectivity index (χ0) is 15.1. The fourth-order valence-corrected chi connectivity index (χ4v) is 1.81. The van der Waals surface area contributed by atoms with Gasteiger partial charge in [0.05, 0.1) is 12.9 Å². The van der Waals surface area contributed by atoms with Crippen LogP contribution in [0, 0.1) is 0 Å². The molecule has 0 aliphatic rings. The summed E-state index contributed by atoms with van der Waals surface area (Å²) in [4.78, 5) is 33.2. The number of hydrogen-bond acceptors (Lipinski definition) is 6. The van der Waals surface area contributed by atoms with Crippen LogP contribution in [0.25, 0.3) is 0 Å². The lowest BCUT2D eigenvalue weighted by molar-refractivity contribution is -0.139. The molecule has 0 rings (SSSR count). The van der Waals surface area contributed by atoms with E-state index in [1.165, 1.54) is 7.11 Å². The molecule has 0 aromatic rings. The minimum Gasteiger partial charge on any atom is -0.480 e. The summed E-state index contributed by atoms with van der Waals surface area (Å²) in [5, 5.41) is 11.2. The Morgan fingerprint density at radius 3 is 2.32 bits per heavy atom. The highest BCUT2D eigenvalue weighted by Crippen LogP contribution is 2.08. The number of carboxylic acid groups (broad SMARTS) is 1. The minimum absolute atomic E-state index is 0.0241. The van der Waals surface area contributed by atoms with Crippen LogP contribution in [0.15, 0.2) is 0 Å². The molecule has 0 aliphatic heterocycles. The fraction of sp³-hybridized carbons (Fsp3) is 0.727. The summed E-state index contributed by atoms with van der Waals surface area (Å²) in [7, 11) is 1.25. The van der Waals surface area contributed by atoms with Crippen LogP contribution in [-0.2, 0) is 19.1 Å². The second kappa shape index (κ2) is 7.88. The van der Waals surface area contributed by atoms with Crippen molar-refractivity contribution in [3.8, 4) is 0 Å². The molecule has 0 radical (unpaired) electrons. The number of methoxy groups -OCH3 is 1. The number of amides is 1. The SMILES string of the molecule is COC(=O)CSCC(NC(=O)OC(C)(C)C)C(=O)O. The zero-order valence-electron chi connectivity index (χ0n) is 11.4. The van der Waals surface area contributed by atoms with Gasteiger partial charge in [0.1, 0.15) is 11.6 Å². The van der Waals surface area contributed by atoms with Crippen LogP contribution >= 0.6 is 11.8 Å². The monoisotopic (exact) mass is 293 g/mol. The first-order valence-corrected chi connectivity index (χ1v) is 6.68. The van der Waals surface area contributed by atoms with Crippen molar-refractivity contribution < 1.29 is 29.0 Å². The lowest BCUT2D eigenvalue weighted by atomic mass is 10.2. The van der Waals surface area contributed by atoms with Gasteiger partial charge < -0.3 is 19.9 Å². The van der Waals surface area contributed by atoms with Crippen LogP contribution in [0.4, 0.5) is 4.79 Å². The van der Waals surface area contributed by atoms with Crippen LogP contribution < -0.4 is 5.32 Å². The Balaban J connectivity index is 4.23. The molecule has 1 atom stereocenters. The van der Waals surface area contributed by atoms with Gasteiger partial charge in [-0.05, 0) is 20.8 Å². The van der Waals surface area contributed by atoms with Crippen LogP contribution in [0.5, 0.6) is 0 Å². The number of hydrogen-bond donors (Lipinski definition) is 2. The quantitative estimate of drug-likeness (QED) is 0.700. The van der Waals surface area contributed by atoms with Gasteiger partial charge in [-0.2, -0.15) is 0 Å². The largest absolute Gasteiger partial charge is 0.480 e. The van der Waals surface area contributed by atoms with E-state index in [0.29, 0.717) is 0 Å². The number of carboxylic acids is 1. The molecule has 0 aromatic carbocycles. The molecule has 0 aromatic heterocycles. The number of esters is 1. The second-order valence-corrected chi connectivity index (χ2v) is 5.66. The Hall–Kier alpha value is -1.44. The average Bonchev–Trinajstić information content (AvgIpc) is 2.24. The molecule has 1 amide bonds. The number of alkyl carbamates (subject to hydrolysis) is 1. The van der Waals surface area contributed by atoms with E-state index in [1.54, 1.807) is 20.8 Å². The van der Waals surface area contributed by atoms with E-state index in [0.717, 1.165) is 11.8 Å². The van der Waals surface area contributed by atoms with Crippen molar-refractivity contribution in [1.29, 1.82) is 0 Å². The lowest BCUT2D eigenvalue weighted by Gasteiger charge is -2.21. The molecule has 0 spiro atoms. The molecule has 0 saturated heterocycles. The first kappa shape index (κ1) is 17.6. The Morgan fingerprint density at radius 1 is 1.32 bits per heavy atom. The maximum Gasteiger partial charge on any atom is 0.408 e. The van der Waals surface area contributed by atoms with E-state index in [9.17, 15) is 14.4 Å². The standard InChI is InChI=1S/C11H19NO6S/c1-11(2,3)18-10(16)12-7(9(14)15)5-19-6-8(13)17-4/h7H,5-6H2,1-4H3,(H,12,16)(H,14,15). The van der Waals surface area contributed by atoms with Gasteiger partial charge >= 0.3 is 18.0 Å². The maximum absolute atomic E-state index is 11.4. The lowest BCUT2D eigenvalue weighted by Crippen LogP contribution is -2.45.